The van der Waals surface area contributed by atoms with Gasteiger partial charge in [0.05, 0.1) is 0 Å². The fraction of sp³-hybridized carbons (Fsp3) is 1.00. The average molecular weight is 183 g/mol. The first kappa shape index (κ1) is 9.44. The minimum absolute atomic E-state index is 0.711. The second-order valence-electron chi connectivity index (χ2n) is 4.32. The van der Waals surface area contributed by atoms with Gasteiger partial charge in [0.2, 0.25) is 0 Å². The van der Waals surface area contributed by atoms with Crippen LogP contribution in [0, 0.1) is 0 Å². The van der Waals surface area contributed by atoms with Crippen LogP contribution in [-0.4, -0.2) is 49.7 Å². The van der Waals surface area contributed by atoms with Gasteiger partial charge < -0.3 is 10.6 Å². The molecule has 0 bridgehead atoms. The summed E-state index contributed by atoms with van der Waals surface area (Å²) < 4.78 is 0. The molecule has 2 N–H and O–H groups in total. The fourth-order valence-electron chi connectivity index (χ4n) is 1.88. The zero-order chi connectivity index (χ0) is 9.10. The van der Waals surface area contributed by atoms with Crippen LogP contribution < -0.4 is 10.6 Å². The molecule has 2 rings (SSSR count). The highest BCUT2D eigenvalue weighted by molar-refractivity contribution is 4.83. The lowest BCUT2D eigenvalue weighted by Gasteiger charge is -2.32. The van der Waals surface area contributed by atoms with Crippen molar-refractivity contribution < 1.29 is 0 Å². The van der Waals surface area contributed by atoms with Gasteiger partial charge in [0.15, 0.2) is 0 Å². The number of nitrogens with zero attached hydrogens (tertiary/aromatic N) is 1. The van der Waals surface area contributed by atoms with Crippen LogP contribution in [0.15, 0.2) is 0 Å². The summed E-state index contributed by atoms with van der Waals surface area (Å²) in [5.41, 5.74) is 0. The highest BCUT2D eigenvalue weighted by Gasteiger charge is 2.22. The van der Waals surface area contributed by atoms with E-state index in [2.05, 4.69) is 22.5 Å². The average Bonchev–Trinajstić information content (AvgIpc) is 2.99. The van der Waals surface area contributed by atoms with Crippen LogP contribution in [-0.2, 0) is 0 Å². The number of piperazine rings is 1. The lowest BCUT2D eigenvalue weighted by molar-refractivity contribution is 0.180. The first-order valence-electron chi connectivity index (χ1n) is 5.54. The first-order valence-corrected chi connectivity index (χ1v) is 5.54. The van der Waals surface area contributed by atoms with Gasteiger partial charge in [-0.25, -0.2) is 0 Å². The predicted octanol–water partition coefficient (Wildman–Crippen LogP) is 0.0321. The number of hydrogen-bond donors (Lipinski definition) is 2. The summed E-state index contributed by atoms with van der Waals surface area (Å²) in [5.74, 6) is 0. The summed E-state index contributed by atoms with van der Waals surface area (Å²) >= 11 is 0. The molecule has 3 nitrogen and oxygen atoms in total. The van der Waals surface area contributed by atoms with E-state index in [9.17, 15) is 0 Å². The Hall–Kier alpha value is -0.120. The monoisotopic (exact) mass is 183 g/mol. The maximum absolute atomic E-state index is 3.59. The summed E-state index contributed by atoms with van der Waals surface area (Å²) in [5, 5.41) is 6.98. The van der Waals surface area contributed by atoms with Gasteiger partial charge >= 0.3 is 0 Å². The van der Waals surface area contributed by atoms with Gasteiger partial charge in [0.25, 0.3) is 0 Å². The molecule has 1 saturated carbocycles. The van der Waals surface area contributed by atoms with Crippen LogP contribution in [0.4, 0.5) is 0 Å². The Bertz CT molecular complexity index is 150. The molecule has 1 saturated heterocycles. The van der Waals surface area contributed by atoms with Crippen molar-refractivity contribution in [1.29, 1.82) is 0 Å². The quantitative estimate of drug-likeness (QED) is 0.644. The van der Waals surface area contributed by atoms with Gasteiger partial charge in [0, 0.05) is 44.8 Å². The van der Waals surface area contributed by atoms with E-state index < -0.39 is 0 Å². The highest BCUT2D eigenvalue weighted by Crippen LogP contribution is 2.18. The van der Waals surface area contributed by atoms with Crippen molar-refractivity contribution in [3.63, 3.8) is 0 Å². The smallest absolute Gasteiger partial charge is 0.0193 e. The molecule has 2 fully saturated rings. The largest absolute Gasteiger partial charge is 0.314 e. The number of nitrogens with one attached hydrogen (secondary N) is 2. The van der Waals surface area contributed by atoms with Gasteiger partial charge in [0.1, 0.15) is 0 Å². The van der Waals surface area contributed by atoms with Crippen molar-refractivity contribution in [1.82, 2.24) is 15.5 Å². The zero-order valence-electron chi connectivity index (χ0n) is 8.55. The van der Waals surface area contributed by atoms with Crippen LogP contribution >= 0.6 is 0 Å². The summed E-state index contributed by atoms with van der Waals surface area (Å²) in [6.45, 7) is 8.26. The molecule has 1 atom stereocenters. The molecule has 1 unspecified atom stereocenters. The van der Waals surface area contributed by atoms with Crippen molar-refractivity contribution in [2.75, 3.05) is 32.7 Å². The normalized spacial score (nSPS) is 27.5. The summed E-state index contributed by atoms with van der Waals surface area (Å²) in [6, 6.07) is 1.56. The zero-order valence-corrected chi connectivity index (χ0v) is 8.55. The molecule has 13 heavy (non-hydrogen) atoms. The van der Waals surface area contributed by atoms with E-state index in [-0.39, 0.29) is 0 Å². The molecule has 1 aliphatic carbocycles. The van der Waals surface area contributed by atoms with E-state index >= 15 is 0 Å². The standard InChI is InChI=1S/C10H21N3/c1-9(8-12-10-2-3-10)13-6-4-11-5-7-13/h9-12H,2-8H2,1H3. The minimum atomic E-state index is 0.711. The molecule has 0 spiro atoms. The first-order chi connectivity index (χ1) is 6.36. The predicted molar refractivity (Wildman–Crippen MR) is 54.9 cm³/mol. The second-order valence-corrected chi connectivity index (χ2v) is 4.32. The maximum Gasteiger partial charge on any atom is 0.0193 e. The minimum Gasteiger partial charge on any atom is -0.314 e. The maximum atomic E-state index is 3.59. The molecule has 2 aliphatic rings. The summed E-state index contributed by atoms with van der Waals surface area (Å²) in [7, 11) is 0. The highest BCUT2D eigenvalue weighted by atomic mass is 15.2. The Balaban J connectivity index is 1.64. The van der Waals surface area contributed by atoms with Crippen LogP contribution in [0.1, 0.15) is 19.8 Å². The molecule has 1 heterocycles. The van der Waals surface area contributed by atoms with Crippen molar-refractivity contribution in [2.45, 2.75) is 31.8 Å². The van der Waals surface area contributed by atoms with E-state index in [4.69, 9.17) is 0 Å². The molecule has 0 radical (unpaired) electrons. The molecule has 0 amide bonds. The second kappa shape index (κ2) is 4.40. The van der Waals surface area contributed by atoms with E-state index in [0.717, 1.165) is 19.1 Å². The van der Waals surface area contributed by atoms with Crippen molar-refractivity contribution in [2.24, 2.45) is 0 Å². The molecule has 1 aliphatic heterocycles. The van der Waals surface area contributed by atoms with Crippen LogP contribution in [0.2, 0.25) is 0 Å². The van der Waals surface area contributed by atoms with Gasteiger partial charge in [-0.3, -0.25) is 4.90 Å². The fourth-order valence-corrected chi connectivity index (χ4v) is 1.88. The number of rotatable bonds is 4. The molecule has 76 valence electrons. The third-order valence-electron chi connectivity index (χ3n) is 3.05. The summed E-state index contributed by atoms with van der Waals surface area (Å²) in [6.07, 6.45) is 2.79. The van der Waals surface area contributed by atoms with Crippen molar-refractivity contribution >= 4 is 0 Å². The van der Waals surface area contributed by atoms with Gasteiger partial charge in [-0.1, -0.05) is 0 Å². The molecular weight excluding hydrogens is 162 g/mol. The van der Waals surface area contributed by atoms with E-state index in [1.54, 1.807) is 0 Å². The van der Waals surface area contributed by atoms with E-state index in [1.807, 2.05) is 0 Å². The lowest BCUT2D eigenvalue weighted by atomic mass is 10.2. The third kappa shape index (κ3) is 2.93. The third-order valence-corrected chi connectivity index (χ3v) is 3.05. The Morgan fingerprint density at radius 1 is 1.38 bits per heavy atom. The van der Waals surface area contributed by atoms with Gasteiger partial charge in [-0.05, 0) is 19.8 Å². The van der Waals surface area contributed by atoms with Crippen molar-refractivity contribution in [3.05, 3.63) is 0 Å². The van der Waals surface area contributed by atoms with Gasteiger partial charge in [-0.15, -0.1) is 0 Å². The topological polar surface area (TPSA) is 27.3 Å². The van der Waals surface area contributed by atoms with Crippen molar-refractivity contribution in [3.8, 4) is 0 Å². The van der Waals surface area contributed by atoms with Crippen LogP contribution in [0.25, 0.3) is 0 Å². The Morgan fingerprint density at radius 3 is 2.69 bits per heavy atom. The lowest BCUT2D eigenvalue weighted by Crippen LogP contribution is -2.50. The van der Waals surface area contributed by atoms with E-state index in [1.165, 1.54) is 32.5 Å². The Kier molecular flexibility index (Phi) is 3.19. The number of hydrogen-bond acceptors (Lipinski definition) is 3. The van der Waals surface area contributed by atoms with Crippen LogP contribution in [0.3, 0.4) is 0 Å². The summed E-state index contributed by atoms with van der Waals surface area (Å²) in [4.78, 5) is 2.58. The molecule has 0 aromatic heterocycles. The molecule has 0 aromatic carbocycles. The van der Waals surface area contributed by atoms with Gasteiger partial charge in [-0.2, -0.15) is 0 Å². The molecule has 0 aromatic rings. The van der Waals surface area contributed by atoms with E-state index in [0.29, 0.717) is 6.04 Å². The molecular formula is C10H21N3. The SMILES string of the molecule is CC(CNC1CC1)N1CCNCC1. The Labute approximate surface area is 80.9 Å². The molecule has 3 heteroatoms. The Morgan fingerprint density at radius 2 is 2.08 bits per heavy atom. The van der Waals surface area contributed by atoms with Crippen LogP contribution in [0.5, 0.6) is 0 Å².